The van der Waals surface area contributed by atoms with Gasteiger partial charge in [-0.2, -0.15) is 0 Å². The van der Waals surface area contributed by atoms with Crippen molar-refractivity contribution in [2.75, 3.05) is 7.11 Å². The normalized spacial score (nSPS) is 10.7. The number of hydrogen-bond donors (Lipinski definition) is 0. The minimum Gasteiger partial charge on any atom is -0.473 e. The quantitative estimate of drug-likeness (QED) is 0.553. The lowest BCUT2D eigenvalue weighted by Crippen LogP contribution is -2.07. The summed E-state index contributed by atoms with van der Waals surface area (Å²) in [6, 6.07) is 13.3. The van der Waals surface area contributed by atoms with Gasteiger partial charge in [-0.25, -0.2) is 13.8 Å². The summed E-state index contributed by atoms with van der Waals surface area (Å²) in [5.41, 5.74) is 3.01. The summed E-state index contributed by atoms with van der Waals surface area (Å²) >= 11 is 0. The number of hydrogen-bond acceptors (Lipinski definition) is 4. The molecule has 0 atom stereocenters. The summed E-state index contributed by atoms with van der Waals surface area (Å²) < 4.78 is 38.9. The highest BCUT2D eigenvalue weighted by Crippen LogP contribution is 2.27. The fourth-order valence-electron chi connectivity index (χ4n) is 2.95. The summed E-state index contributed by atoms with van der Waals surface area (Å²) in [7, 11) is 1.26. The first-order valence-electron chi connectivity index (χ1n) is 9.09. The van der Waals surface area contributed by atoms with Crippen LogP contribution in [0.25, 0.3) is 11.3 Å². The Morgan fingerprint density at radius 2 is 1.79 bits per heavy atom. The summed E-state index contributed by atoms with van der Waals surface area (Å²) in [6.45, 7) is 3.48. The molecular weight excluding hydrogens is 376 g/mol. The van der Waals surface area contributed by atoms with E-state index in [0.717, 1.165) is 5.56 Å². The van der Waals surface area contributed by atoms with Gasteiger partial charge in [0.1, 0.15) is 18.2 Å². The molecule has 0 N–H and O–H groups in total. The highest BCUT2D eigenvalue weighted by molar-refractivity contribution is 5.73. The molecule has 3 rings (SSSR count). The van der Waals surface area contributed by atoms with Crippen LogP contribution in [0.5, 0.6) is 5.88 Å². The second-order valence-corrected chi connectivity index (χ2v) is 6.71. The molecule has 0 aliphatic heterocycles. The minimum atomic E-state index is -0.507. The molecule has 150 valence electrons. The molecule has 1 aromatic heterocycles. The average molecular weight is 397 g/mol. The van der Waals surface area contributed by atoms with E-state index in [-0.39, 0.29) is 24.4 Å². The molecule has 3 aromatic rings. The van der Waals surface area contributed by atoms with Gasteiger partial charge >= 0.3 is 5.97 Å². The van der Waals surface area contributed by atoms with Gasteiger partial charge in [-0.3, -0.25) is 4.79 Å². The maximum atomic E-state index is 14.7. The van der Waals surface area contributed by atoms with Gasteiger partial charge in [-0.05, 0) is 42.7 Å². The molecule has 0 saturated carbocycles. The van der Waals surface area contributed by atoms with Gasteiger partial charge in [0.2, 0.25) is 5.88 Å². The van der Waals surface area contributed by atoms with Crippen molar-refractivity contribution in [3.63, 3.8) is 0 Å². The third-order valence-electron chi connectivity index (χ3n) is 4.61. The number of methoxy groups -OCH3 is 1. The predicted molar refractivity (Wildman–Crippen MR) is 106 cm³/mol. The zero-order valence-electron chi connectivity index (χ0n) is 16.5. The predicted octanol–water partition coefficient (Wildman–Crippen LogP) is 4.94. The van der Waals surface area contributed by atoms with E-state index in [1.807, 2.05) is 13.0 Å². The van der Waals surface area contributed by atoms with Crippen LogP contribution in [0.1, 0.15) is 22.3 Å². The number of esters is 1. The largest absolute Gasteiger partial charge is 0.473 e. The Morgan fingerprint density at radius 3 is 2.52 bits per heavy atom. The van der Waals surface area contributed by atoms with Gasteiger partial charge in [0.25, 0.3) is 0 Å². The number of ether oxygens (including phenoxy) is 2. The summed E-state index contributed by atoms with van der Waals surface area (Å²) in [6.07, 6.45) is -0.137. The molecule has 0 spiro atoms. The number of aryl methyl sites for hydroxylation is 1. The first kappa shape index (κ1) is 20.5. The van der Waals surface area contributed by atoms with Crippen LogP contribution in [-0.4, -0.2) is 18.1 Å². The van der Waals surface area contributed by atoms with E-state index in [2.05, 4.69) is 9.72 Å². The molecule has 0 amide bonds. The van der Waals surface area contributed by atoms with Crippen molar-refractivity contribution in [1.82, 2.24) is 4.98 Å². The summed E-state index contributed by atoms with van der Waals surface area (Å²) in [5, 5.41) is 0. The second-order valence-electron chi connectivity index (χ2n) is 6.71. The maximum absolute atomic E-state index is 14.7. The number of rotatable bonds is 6. The van der Waals surface area contributed by atoms with E-state index in [0.29, 0.717) is 28.3 Å². The number of carbonyl (C=O) groups is 1. The van der Waals surface area contributed by atoms with Crippen LogP contribution >= 0.6 is 0 Å². The lowest BCUT2D eigenvalue weighted by molar-refractivity contribution is -0.139. The minimum absolute atomic E-state index is 0.0357. The third-order valence-corrected chi connectivity index (χ3v) is 4.61. The smallest absolute Gasteiger partial charge is 0.310 e. The van der Waals surface area contributed by atoms with Crippen LogP contribution in [-0.2, 0) is 22.6 Å². The molecule has 0 radical (unpaired) electrons. The lowest BCUT2D eigenvalue weighted by Gasteiger charge is -2.12. The number of aromatic nitrogens is 1. The van der Waals surface area contributed by atoms with E-state index >= 15 is 0 Å². The van der Waals surface area contributed by atoms with Crippen LogP contribution in [0.4, 0.5) is 8.78 Å². The van der Waals surface area contributed by atoms with Crippen molar-refractivity contribution >= 4 is 5.97 Å². The lowest BCUT2D eigenvalue weighted by atomic mass is 9.99. The Hall–Kier alpha value is -3.28. The fraction of sp³-hybridized carbons (Fsp3) is 0.217. The Morgan fingerprint density at radius 1 is 1.03 bits per heavy atom. The van der Waals surface area contributed by atoms with Crippen LogP contribution in [0, 0.1) is 25.5 Å². The number of nitrogens with zero attached hydrogens (tertiary/aromatic N) is 1. The summed E-state index contributed by atoms with van der Waals surface area (Å²) in [5.74, 6) is -1.00. The molecule has 0 fully saturated rings. The fourth-order valence-corrected chi connectivity index (χ4v) is 2.95. The first-order chi connectivity index (χ1) is 13.9. The van der Waals surface area contributed by atoms with Gasteiger partial charge in [0, 0.05) is 17.2 Å². The van der Waals surface area contributed by atoms with Crippen molar-refractivity contribution in [1.29, 1.82) is 0 Å². The van der Waals surface area contributed by atoms with Gasteiger partial charge in [-0.15, -0.1) is 0 Å². The number of carbonyl (C=O) groups excluding carboxylic acids is 1. The molecule has 2 aromatic carbocycles. The Balaban J connectivity index is 1.82. The number of pyridine rings is 1. The molecule has 0 bridgehead atoms. The van der Waals surface area contributed by atoms with Gasteiger partial charge < -0.3 is 9.47 Å². The Bertz CT molecular complexity index is 1050. The van der Waals surface area contributed by atoms with Crippen molar-refractivity contribution in [2.24, 2.45) is 0 Å². The molecule has 0 saturated heterocycles. The van der Waals surface area contributed by atoms with Crippen molar-refractivity contribution in [3.8, 4) is 17.1 Å². The topological polar surface area (TPSA) is 48.4 Å². The van der Waals surface area contributed by atoms with E-state index in [9.17, 15) is 13.6 Å². The van der Waals surface area contributed by atoms with Crippen LogP contribution in [0.2, 0.25) is 0 Å². The molecule has 1 heterocycles. The van der Waals surface area contributed by atoms with E-state index in [1.54, 1.807) is 43.3 Å². The Labute approximate surface area is 168 Å². The van der Waals surface area contributed by atoms with Crippen molar-refractivity contribution in [2.45, 2.75) is 26.9 Å². The molecule has 4 nitrogen and oxygen atoms in total. The van der Waals surface area contributed by atoms with Gasteiger partial charge in [0.15, 0.2) is 0 Å². The SMILES string of the molecule is COC(=O)Cc1ccc(-c2cccc(OCc3ccc(C)cc3F)n2)c(C)c1F. The van der Waals surface area contributed by atoms with Gasteiger partial charge in [0.05, 0.1) is 19.2 Å². The highest BCUT2D eigenvalue weighted by Gasteiger charge is 2.15. The molecule has 0 aliphatic rings. The van der Waals surface area contributed by atoms with E-state index in [1.165, 1.54) is 13.2 Å². The molecular formula is C23H21F2NO3. The Kier molecular flexibility index (Phi) is 6.22. The average Bonchev–Trinajstić information content (AvgIpc) is 2.71. The van der Waals surface area contributed by atoms with Crippen LogP contribution in [0.15, 0.2) is 48.5 Å². The molecule has 0 unspecified atom stereocenters. The number of halogens is 2. The monoisotopic (exact) mass is 397 g/mol. The molecule has 29 heavy (non-hydrogen) atoms. The molecule has 6 heteroatoms. The molecule has 0 aliphatic carbocycles. The standard InChI is InChI=1S/C23H21F2NO3/c1-14-7-8-17(19(24)11-14)13-29-21-6-4-5-20(26-21)18-10-9-16(12-22(27)28-3)23(25)15(18)2/h4-11H,12-13H2,1-3H3. The second kappa shape index (κ2) is 8.82. The van der Waals surface area contributed by atoms with Crippen LogP contribution < -0.4 is 4.74 Å². The highest BCUT2D eigenvalue weighted by atomic mass is 19.1. The summed E-state index contributed by atoms with van der Waals surface area (Å²) in [4.78, 5) is 15.8. The van der Waals surface area contributed by atoms with E-state index in [4.69, 9.17) is 4.74 Å². The van der Waals surface area contributed by atoms with E-state index < -0.39 is 11.8 Å². The van der Waals surface area contributed by atoms with Gasteiger partial charge in [-0.1, -0.05) is 30.3 Å². The van der Waals surface area contributed by atoms with Crippen LogP contribution in [0.3, 0.4) is 0 Å². The zero-order chi connectivity index (χ0) is 21.0. The first-order valence-corrected chi connectivity index (χ1v) is 9.09. The third kappa shape index (κ3) is 4.77. The number of benzene rings is 2. The van der Waals surface area contributed by atoms with Crippen molar-refractivity contribution < 1.29 is 23.0 Å². The zero-order valence-corrected chi connectivity index (χ0v) is 16.5. The van der Waals surface area contributed by atoms with Crippen molar-refractivity contribution in [3.05, 3.63) is 82.4 Å². The maximum Gasteiger partial charge on any atom is 0.310 e.